The van der Waals surface area contributed by atoms with E-state index < -0.39 is 5.92 Å². The number of carbonyl (C=O) groups is 2. The van der Waals surface area contributed by atoms with Crippen molar-refractivity contribution in [3.05, 3.63) is 64.7 Å². The Labute approximate surface area is 179 Å². The number of amides is 1. The second kappa shape index (κ2) is 10.3. The van der Waals surface area contributed by atoms with Crippen molar-refractivity contribution in [2.24, 2.45) is 0 Å². The topological polar surface area (TPSA) is 58.6 Å². The average molecular weight is 409 g/mol. The molecule has 0 aliphatic carbocycles. The zero-order valence-electron chi connectivity index (χ0n) is 18.2. The number of anilines is 1. The highest BCUT2D eigenvalue weighted by Gasteiger charge is 2.27. The van der Waals surface area contributed by atoms with Crippen molar-refractivity contribution in [2.75, 3.05) is 31.1 Å². The van der Waals surface area contributed by atoms with E-state index in [1.165, 1.54) is 24.8 Å². The Bertz CT molecular complexity index is 870. The predicted octanol–water partition coefficient (Wildman–Crippen LogP) is 4.43. The van der Waals surface area contributed by atoms with Gasteiger partial charge in [0, 0.05) is 25.3 Å². The van der Waals surface area contributed by atoms with Crippen LogP contribution in [0, 0.1) is 6.92 Å². The first-order valence-electron chi connectivity index (χ1n) is 11.0. The van der Waals surface area contributed by atoms with E-state index in [0.717, 1.165) is 29.9 Å². The third-order valence-corrected chi connectivity index (χ3v) is 5.56. The summed E-state index contributed by atoms with van der Waals surface area (Å²) in [4.78, 5) is 27.6. The van der Waals surface area contributed by atoms with Crippen molar-refractivity contribution < 1.29 is 14.3 Å². The summed E-state index contributed by atoms with van der Waals surface area (Å²) in [6.45, 7) is 8.75. The van der Waals surface area contributed by atoms with Crippen LogP contribution in [-0.2, 0) is 9.53 Å². The molecule has 0 bridgehead atoms. The predicted molar refractivity (Wildman–Crippen MR) is 120 cm³/mol. The lowest BCUT2D eigenvalue weighted by molar-refractivity contribution is -0.121. The molecule has 160 valence electrons. The molecule has 1 N–H and O–H groups in total. The molecular weight excluding hydrogens is 376 g/mol. The molecule has 30 heavy (non-hydrogen) atoms. The van der Waals surface area contributed by atoms with Crippen LogP contribution in [0.2, 0.25) is 0 Å². The van der Waals surface area contributed by atoms with Crippen LogP contribution in [0.15, 0.2) is 42.5 Å². The summed E-state index contributed by atoms with van der Waals surface area (Å²) < 4.78 is 5.09. The number of aryl methyl sites for hydroxylation is 1. The molecule has 1 atom stereocenters. The maximum absolute atomic E-state index is 13.2. The molecule has 3 rings (SSSR count). The molecule has 5 heteroatoms. The van der Waals surface area contributed by atoms with Crippen molar-refractivity contribution in [1.82, 2.24) is 5.32 Å². The molecule has 1 saturated heterocycles. The molecule has 0 radical (unpaired) electrons. The molecule has 2 aromatic rings. The van der Waals surface area contributed by atoms with E-state index in [4.69, 9.17) is 4.74 Å². The van der Waals surface area contributed by atoms with Gasteiger partial charge in [0.15, 0.2) is 0 Å². The lowest BCUT2D eigenvalue weighted by atomic mass is 9.87. The van der Waals surface area contributed by atoms with Gasteiger partial charge >= 0.3 is 5.97 Å². The first-order chi connectivity index (χ1) is 14.5. The molecule has 1 aliphatic heterocycles. The second-order valence-corrected chi connectivity index (χ2v) is 7.78. The minimum Gasteiger partial charge on any atom is -0.462 e. The average Bonchev–Trinajstić information content (AvgIpc) is 2.76. The van der Waals surface area contributed by atoms with Crippen molar-refractivity contribution in [2.45, 2.75) is 46.0 Å². The summed E-state index contributed by atoms with van der Waals surface area (Å²) >= 11 is 0. The number of ether oxygens (including phenoxy) is 1. The minimum atomic E-state index is -0.432. The van der Waals surface area contributed by atoms with Crippen LogP contribution in [-0.4, -0.2) is 38.1 Å². The number of piperidine rings is 1. The highest BCUT2D eigenvalue weighted by Crippen LogP contribution is 2.35. The van der Waals surface area contributed by atoms with Gasteiger partial charge in [-0.05, 0) is 74.9 Å². The largest absolute Gasteiger partial charge is 0.462 e. The number of hydrogen-bond donors (Lipinski definition) is 1. The van der Waals surface area contributed by atoms with E-state index in [1.807, 2.05) is 19.1 Å². The van der Waals surface area contributed by atoms with E-state index in [0.29, 0.717) is 18.7 Å². The Kier molecular flexibility index (Phi) is 7.50. The van der Waals surface area contributed by atoms with E-state index in [1.54, 1.807) is 19.1 Å². The molecule has 0 spiro atoms. The Morgan fingerprint density at radius 1 is 1.03 bits per heavy atom. The maximum atomic E-state index is 13.2. The third-order valence-electron chi connectivity index (χ3n) is 5.56. The monoisotopic (exact) mass is 408 g/mol. The zero-order valence-corrected chi connectivity index (χ0v) is 18.2. The molecule has 5 nitrogen and oxygen atoms in total. The normalized spacial score (nSPS) is 14.8. The number of hydrogen-bond acceptors (Lipinski definition) is 4. The Hall–Kier alpha value is -2.82. The summed E-state index contributed by atoms with van der Waals surface area (Å²) in [6.07, 6.45) is 3.60. The van der Waals surface area contributed by atoms with E-state index in [-0.39, 0.29) is 11.9 Å². The van der Waals surface area contributed by atoms with Crippen LogP contribution in [0.25, 0.3) is 0 Å². The molecule has 1 fully saturated rings. The molecule has 0 aromatic heterocycles. The zero-order chi connectivity index (χ0) is 21.5. The van der Waals surface area contributed by atoms with Gasteiger partial charge in [0.2, 0.25) is 5.91 Å². The second-order valence-electron chi connectivity index (χ2n) is 7.78. The van der Waals surface area contributed by atoms with E-state index in [2.05, 4.69) is 35.3 Å². The summed E-state index contributed by atoms with van der Waals surface area (Å²) in [6, 6.07) is 13.6. The molecule has 1 aliphatic rings. The lowest BCUT2D eigenvalue weighted by Gasteiger charge is -2.33. The molecule has 1 unspecified atom stereocenters. The summed E-state index contributed by atoms with van der Waals surface area (Å²) in [5.74, 6) is -0.801. The fourth-order valence-electron chi connectivity index (χ4n) is 4.08. The summed E-state index contributed by atoms with van der Waals surface area (Å²) in [5.41, 5.74) is 4.70. The molecule has 0 saturated carbocycles. The van der Waals surface area contributed by atoms with Crippen LogP contribution in [0.1, 0.15) is 66.1 Å². The van der Waals surface area contributed by atoms with Gasteiger partial charge < -0.3 is 15.0 Å². The summed E-state index contributed by atoms with van der Waals surface area (Å²) in [5, 5.41) is 3.00. The Balaban J connectivity index is 2.02. The van der Waals surface area contributed by atoms with E-state index in [9.17, 15) is 9.59 Å². The molecule has 1 heterocycles. The van der Waals surface area contributed by atoms with Crippen molar-refractivity contribution >= 4 is 17.6 Å². The Morgan fingerprint density at radius 2 is 1.73 bits per heavy atom. The van der Waals surface area contributed by atoms with Gasteiger partial charge in [-0.3, -0.25) is 4.79 Å². The number of esters is 1. The molecule has 1 amide bonds. The highest BCUT2D eigenvalue weighted by atomic mass is 16.5. The maximum Gasteiger partial charge on any atom is 0.338 e. The van der Waals surface area contributed by atoms with Crippen LogP contribution in [0.4, 0.5) is 5.69 Å². The highest BCUT2D eigenvalue weighted by molar-refractivity contribution is 5.91. The van der Waals surface area contributed by atoms with Gasteiger partial charge in [0.1, 0.15) is 0 Å². The molecule has 2 aromatic carbocycles. The Morgan fingerprint density at radius 3 is 2.37 bits per heavy atom. The quantitative estimate of drug-likeness (QED) is 0.689. The minimum absolute atomic E-state index is 0.0245. The van der Waals surface area contributed by atoms with Gasteiger partial charge in [-0.1, -0.05) is 24.3 Å². The van der Waals surface area contributed by atoms with Gasteiger partial charge in [-0.2, -0.15) is 0 Å². The summed E-state index contributed by atoms with van der Waals surface area (Å²) in [7, 11) is 0. The lowest BCUT2D eigenvalue weighted by Crippen LogP contribution is -2.34. The number of nitrogens with zero attached hydrogens (tertiary/aromatic N) is 1. The van der Waals surface area contributed by atoms with E-state index >= 15 is 0 Å². The standard InChI is InChI=1S/C25H32N2O3/c1-4-26-24(28)23(19-10-12-20(13-11-19)25(29)30-5-2)21-14-9-18(3)17-22(21)27-15-7-6-8-16-27/h9-14,17,23H,4-8,15-16H2,1-3H3,(H,26,28). The first kappa shape index (κ1) is 21.9. The van der Waals surface area contributed by atoms with Crippen molar-refractivity contribution in [3.8, 4) is 0 Å². The van der Waals surface area contributed by atoms with Crippen LogP contribution in [0.5, 0.6) is 0 Å². The van der Waals surface area contributed by atoms with Gasteiger partial charge in [0.25, 0.3) is 0 Å². The van der Waals surface area contributed by atoms with Crippen LogP contribution in [0.3, 0.4) is 0 Å². The third kappa shape index (κ3) is 5.02. The van der Waals surface area contributed by atoms with Crippen molar-refractivity contribution in [3.63, 3.8) is 0 Å². The van der Waals surface area contributed by atoms with Crippen LogP contribution >= 0.6 is 0 Å². The number of benzene rings is 2. The fourth-order valence-corrected chi connectivity index (χ4v) is 4.08. The molecular formula is C25H32N2O3. The number of likely N-dealkylation sites (N-methyl/N-ethyl adjacent to an activating group) is 1. The number of carbonyl (C=O) groups excluding carboxylic acids is 2. The van der Waals surface area contributed by atoms with Gasteiger partial charge in [0.05, 0.1) is 18.1 Å². The van der Waals surface area contributed by atoms with Gasteiger partial charge in [-0.25, -0.2) is 4.79 Å². The number of nitrogens with one attached hydrogen (secondary N) is 1. The first-order valence-corrected chi connectivity index (χ1v) is 11.0. The SMILES string of the molecule is CCNC(=O)C(c1ccc(C(=O)OCC)cc1)c1ccc(C)cc1N1CCCCC1. The smallest absolute Gasteiger partial charge is 0.338 e. The van der Waals surface area contributed by atoms with Gasteiger partial charge in [-0.15, -0.1) is 0 Å². The van der Waals surface area contributed by atoms with Crippen molar-refractivity contribution in [1.29, 1.82) is 0 Å². The fraction of sp³-hybridized carbons (Fsp3) is 0.440. The van der Waals surface area contributed by atoms with Crippen LogP contribution < -0.4 is 10.2 Å². The number of rotatable bonds is 7.